The molecule has 19 heavy (non-hydrogen) atoms. The third-order valence-corrected chi connectivity index (χ3v) is 3.90. The fourth-order valence-corrected chi connectivity index (χ4v) is 2.78. The molecule has 2 rings (SSSR count). The number of nitrogens with two attached hydrogens (primary N) is 1. The second-order valence-electron chi connectivity index (χ2n) is 5.11. The van der Waals surface area contributed by atoms with E-state index in [9.17, 15) is 9.90 Å². The molecule has 0 bridgehead atoms. The maximum Gasteiger partial charge on any atom is 0.452 e. The van der Waals surface area contributed by atoms with E-state index in [1.165, 1.54) is 11.4 Å². The molecular weight excluding hydrogens is 242 g/mol. The molecule has 1 heterocycles. The molecule has 0 spiro atoms. The number of hydrogen-bond acceptors (Lipinski definition) is 2. The number of carboxylic acid groups (broad SMARTS) is 1. The quantitative estimate of drug-likeness (QED) is 0.817. The highest BCUT2D eigenvalue weighted by molar-refractivity contribution is 5.63. The number of piperidine rings is 1. The van der Waals surface area contributed by atoms with Gasteiger partial charge in [-0.15, -0.1) is 5.01 Å². The predicted molar refractivity (Wildman–Crippen MR) is 72.9 cm³/mol. The van der Waals surface area contributed by atoms with E-state index in [1.54, 1.807) is 0 Å². The van der Waals surface area contributed by atoms with E-state index in [0.717, 1.165) is 31.5 Å². The van der Waals surface area contributed by atoms with Crippen LogP contribution >= 0.6 is 0 Å². The molecule has 5 heteroatoms. The van der Waals surface area contributed by atoms with Crippen molar-refractivity contribution in [2.45, 2.75) is 25.8 Å². The first-order valence-corrected chi connectivity index (χ1v) is 6.79. The molecular formula is C14H22N3O2+. The largest absolute Gasteiger partial charge is 0.462 e. The van der Waals surface area contributed by atoms with Crippen molar-refractivity contribution in [2.75, 3.05) is 19.8 Å². The Hall–Kier alpha value is -1.59. The number of amides is 1. The van der Waals surface area contributed by atoms with E-state index in [0.29, 0.717) is 17.8 Å². The zero-order chi connectivity index (χ0) is 13.7. The van der Waals surface area contributed by atoms with Crippen LogP contribution in [0.2, 0.25) is 0 Å². The summed E-state index contributed by atoms with van der Waals surface area (Å²) in [6.45, 7) is 2.37. The summed E-state index contributed by atoms with van der Waals surface area (Å²) < 4.78 is 0.365. The SMILES string of the molecule is NC[N+]1(N(Cc2ccccc2)C(=O)O)CCCCC1. The molecule has 0 aliphatic carbocycles. The lowest BCUT2D eigenvalue weighted by molar-refractivity contribution is -1.03. The molecule has 3 N–H and O–H groups in total. The topological polar surface area (TPSA) is 66.6 Å². The van der Waals surface area contributed by atoms with Crippen molar-refractivity contribution in [1.82, 2.24) is 5.01 Å². The first-order chi connectivity index (χ1) is 9.18. The van der Waals surface area contributed by atoms with Crippen LogP contribution in [0.1, 0.15) is 24.8 Å². The van der Waals surface area contributed by atoms with Gasteiger partial charge in [0.25, 0.3) is 0 Å². The molecule has 1 aromatic carbocycles. The summed E-state index contributed by atoms with van der Waals surface area (Å²) in [5.74, 6) is 0. The van der Waals surface area contributed by atoms with Crippen molar-refractivity contribution in [3.63, 3.8) is 0 Å². The first kappa shape index (κ1) is 13.8. The van der Waals surface area contributed by atoms with Crippen molar-refractivity contribution in [1.29, 1.82) is 0 Å². The number of nitrogens with zero attached hydrogens (tertiary/aromatic N) is 2. The lowest BCUT2D eigenvalue weighted by atomic mass is 10.1. The van der Waals surface area contributed by atoms with Crippen LogP contribution in [0, 0.1) is 0 Å². The fourth-order valence-electron chi connectivity index (χ4n) is 2.78. The molecule has 104 valence electrons. The molecule has 0 atom stereocenters. The molecule has 1 amide bonds. The van der Waals surface area contributed by atoms with Crippen LogP contribution in [-0.4, -0.2) is 40.6 Å². The summed E-state index contributed by atoms with van der Waals surface area (Å²) in [7, 11) is 0. The molecule has 1 saturated heterocycles. The highest BCUT2D eigenvalue weighted by Crippen LogP contribution is 2.23. The summed E-state index contributed by atoms with van der Waals surface area (Å²) >= 11 is 0. The van der Waals surface area contributed by atoms with Crippen LogP contribution in [0.4, 0.5) is 4.79 Å². The van der Waals surface area contributed by atoms with Crippen LogP contribution in [0.3, 0.4) is 0 Å². The minimum Gasteiger partial charge on any atom is -0.462 e. The van der Waals surface area contributed by atoms with Gasteiger partial charge in [0, 0.05) is 0 Å². The summed E-state index contributed by atoms with van der Waals surface area (Å²) in [4.78, 5) is 11.6. The van der Waals surface area contributed by atoms with E-state index >= 15 is 0 Å². The smallest absolute Gasteiger partial charge is 0.452 e. The molecule has 5 nitrogen and oxygen atoms in total. The normalized spacial score (nSPS) is 17.9. The second-order valence-corrected chi connectivity index (χ2v) is 5.11. The standard InChI is InChI=1S/C14H21N3O2/c15-12-17(9-5-2-6-10-17)16(14(18)19)11-13-7-3-1-4-8-13/h1,3-4,7-8H,2,5-6,9-12,15H2/p+1. The Bertz CT molecular complexity index is 416. The maximum absolute atomic E-state index is 11.6. The molecule has 0 radical (unpaired) electrons. The number of hydrogen-bond donors (Lipinski definition) is 2. The number of carbonyl (C=O) groups is 1. The Morgan fingerprint density at radius 2 is 1.84 bits per heavy atom. The Morgan fingerprint density at radius 3 is 2.37 bits per heavy atom. The van der Waals surface area contributed by atoms with E-state index in [2.05, 4.69) is 0 Å². The Morgan fingerprint density at radius 1 is 1.21 bits per heavy atom. The Balaban J connectivity index is 2.21. The lowest BCUT2D eigenvalue weighted by Gasteiger charge is -2.45. The van der Waals surface area contributed by atoms with Crippen molar-refractivity contribution in [2.24, 2.45) is 5.73 Å². The zero-order valence-electron chi connectivity index (χ0n) is 11.2. The van der Waals surface area contributed by atoms with Gasteiger partial charge in [0.1, 0.15) is 19.6 Å². The van der Waals surface area contributed by atoms with Gasteiger partial charge >= 0.3 is 6.09 Å². The van der Waals surface area contributed by atoms with Gasteiger partial charge in [-0.1, -0.05) is 30.3 Å². The highest BCUT2D eigenvalue weighted by atomic mass is 16.4. The Labute approximate surface area is 113 Å². The van der Waals surface area contributed by atoms with Crippen molar-refractivity contribution in [3.05, 3.63) is 35.9 Å². The van der Waals surface area contributed by atoms with Gasteiger partial charge in [0.2, 0.25) is 0 Å². The van der Waals surface area contributed by atoms with Crippen LogP contribution in [-0.2, 0) is 6.54 Å². The average molecular weight is 264 g/mol. The summed E-state index contributed by atoms with van der Waals surface area (Å²) in [5, 5.41) is 11.0. The second kappa shape index (κ2) is 6.04. The van der Waals surface area contributed by atoms with Crippen LogP contribution in [0.5, 0.6) is 0 Å². The van der Waals surface area contributed by atoms with Gasteiger partial charge in [-0.05, 0) is 24.8 Å². The summed E-state index contributed by atoms with van der Waals surface area (Å²) in [6.07, 6.45) is 2.35. The molecule has 1 aliphatic rings. The van der Waals surface area contributed by atoms with Crippen LogP contribution < -0.4 is 5.73 Å². The fraction of sp³-hybridized carbons (Fsp3) is 0.500. The third kappa shape index (κ3) is 3.05. The van der Waals surface area contributed by atoms with Crippen molar-refractivity contribution in [3.8, 4) is 0 Å². The van der Waals surface area contributed by atoms with Gasteiger partial charge in [0.05, 0.1) is 0 Å². The van der Waals surface area contributed by atoms with Crippen molar-refractivity contribution < 1.29 is 14.5 Å². The molecule has 0 unspecified atom stereocenters. The predicted octanol–water partition coefficient (Wildman–Crippen LogP) is 2.00. The maximum atomic E-state index is 11.6. The number of benzene rings is 1. The van der Waals surface area contributed by atoms with Gasteiger partial charge in [-0.25, -0.2) is 9.39 Å². The summed E-state index contributed by atoms with van der Waals surface area (Å²) in [6, 6.07) is 9.69. The van der Waals surface area contributed by atoms with Gasteiger partial charge < -0.3 is 5.11 Å². The molecule has 0 aromatic heterocycles. The van der Waals surface area contributed by atoms with Crippen LogP contribution in [0.25, 0.3) is 0 Å². The number of likely N-dealkylation sites (tertiary alicyclic amines) is 1. The van der Waals surface area contributed by atoms with Gasteiger partial charge in [-0.2, -0.15) is 0 Å². The van der Waals surface area contributed by atoms with E-state index < -0.39 is 6.09 Å². The highest BCUT2D eigenvalue weighted by Gasteiger charge is 2.39. The van der Waals surface area contributed by atoms with Gasteiger partial charge in [-0.3, -0.25) is 5.73 Å². The lowest BCUT2D eigenvalue weighted by Crippen LogP contribution is -2.65. The van der Waals surface area contributed by atoms with E-state index in [4.69, 9.17) is 5.73 Å². The van der Waals surface area contributed by atoms with Gasteiger partial charge in [0.15, 0.2) is 6.67 Å². The molecule has 1 aliphatic heterocycles. The first-order valence-electron chi connectivity index (χ1n) is 6.79. The Kier molecular flexibility index (Phi) is 4.39. The molecule has 0 saturated carbocycles. The number of rotatable bonds is 4. The third-order valence-electron chi connectivity index (χ3n) is 3.90. The van der Waals surface area contributed by atoms with Crippen LogP contribution in [0.15, 0.2) is 30.3 Å². The number of quaternary nitrogens is 1. The van der Waals surface area contributed by atoms with Crippen molar-refractivity contribution >= 4 is 6.09 Å². The minimum atomic E-state index is -0.892. The molecule has 1 aromatic rings. The average Bonchev–Trinajstić information content (AvgIpc) is 2.46. The monoisotopic (exact) mass is 264 g/mol. The summed E-state index contributed by atoms with van der Waals surface area (Å²) in [5.41, 5.74) is 6.90. The molecule has 1 fully saturated rings. The minimum absolute atomic E-state index is 0.346. The van der Waals surface area contributed by atoms with E-state index in [-0.39, 0.29) is 0 Å². The van der Waals surface area contributed by atoms with E-state index in [1.807, 2.05) is 30.3 Å². The zero-order valence-corrected chi connectivity index (χ0v) is 11.2.